The molecule has 4 nitrogen and oxygen atoms in total. The van der Waals surface area contributed by atoms with E-state index in [0.29, 0.717) is 5.56 Å². The molecule has 0 spiro atoms. The Morgan fingerprint density at radius 3 is 2.71 bits per heavy atom. The summed E-state index contributed by atoms with van der Waals surface area (Å²) in [5, 5.41) is 13.7. The number of aliphatic hydroxyl groups is 1. The average molecular weight is 330 g/mol. The van der Waals surface area contributed by atoms with E-state index < -0.39 is 23.8 Å². The molecule has 24 heavy (non-hydrogen) atoms. The zero-order valence-corrected chi connectivity index (χ0v) is 12.9. The lowest BCUT2D eigenvalue weighted by Gasteiger charge is -2.21. The minimum Gasteiger partial charge on any atom is -0.386 e. The number of carbonyl (C=O) groups excluding carboxylic acids is 1. The Morgan fingerprint density at radius 2 is 1.96 bits per heavy atom. The van der Waals surface area contributed by atoms with E-state index >= 15 is 0 Å². The Bertz CT molecular complexity index is 892. The molecular formula is C18H16F2N2O2. The summed E-state index contributed by atoms with van der Waals surface area (Å²) >= 11 is 0. The van der Waals surface area contributed by atoms with Crippen molar-refractivity contribution >= 4 is 16.8 Å². The van der Waals surface area contributed by atoms with Gasteiger partial charge in [0.05, 0.1) is 12.1 Å². The van der Waals surface area contributed by atoms with Crippen molar-refractivity contribution in [1.82, 2.24) is 10.3 Å². The number of H-pyrrole nitrogens is 1. The molecule has 1 aromatic heterocycles. The highest BCUT2D eigenvalue weighted by molar-refractivity contribution is 6.06. The number of rotatable bonds is 4. The van der Waals surface area contributed by atoms with Crippen molar-refractivity contribution in [2.24, 2.45) is 0 Å². The van der Waals surface area contributed by atoms with E-state index in [9.17, 15) is 18.7 Å². The van der Waals surface area contributed by atoms with Crippen molar-refractivity contribution in [1.29, 1.82) is 0 Å². The van der Waals surface area contributed by atoms with Gasteiger partial charge >= 0.3 is 0 Å². The molecule has 0 aliphatic carbocycles. The first kappa shape index (κ1) is 16.1. The number of halogens is 2. The van der Waals surface area contributed by atoms with Gasteiger partial charge in [-0.15, -0.1) is 0 Å². The van der Waals surface area contributed by atoms with E-state index in [1.54, 1.807) is 31.3 Å². The van der Waals surface area contributed by atoms with E-state index in [4.69, 9.17) is 0 Å². The number of benzene rings is 2. The quantitative estimate of drug-likeness (QED) is 0.687. The minimum atomic E-state index is -1.16. The van der Waals surface area contributed by atoms with Crippen LogP contribution in [-0.2, 0) is 0 Å². The van der Waals surface area contributed by atoms with E-state index in [2.05, 4.69) is 10.3 Å². The van der Waals surface area contributed by atoms with Crippen LogP contribution in [0, 0.1) is 11.6 Å². The molecule has 0 saturated carbocycles. The summed E-state index contributed by atoms with van der Waals surface area (Å²) in [5.41, 5.74) is 1.50. The number of nitrogens with one attached hydrogen (secondary N) is 2. The molecule has 0 fully saturated rings. The Labute approximate surface area is 137 Å². The number of aromatic amines is 1. The first-order valence-electron chi connectivity index (χ1n) is 7.47. The number of carbonyl (C=O) groups is 1. The molecule has 0 bridgehead atoms. The Balaban J connectivity index is 1.78. The number of aliphatic hydroxyl groups excluding tert-OH is 1. The van der Waals surface area contributed by atoms with Crippen LogP contribution in [0.4, 0.5) is 8.78 Å². The van der Waals surface area contributed by atoms with Gasteiger partial charge in [-0.1, -0.05) is 12.1 Å². The second kappa shape index (κ2) is 6.41. The molecule has 0 aliphatic rings. The summed E-state index contributed by atoms with van der Waals surface area (Å²) in [6, 6.07) is 9.56. The largest absolute Gasteiger partial charge is 0.386 e. The highest BCUT2D eigenvalue weighted by atomic mass is 19.2. The molecule has 2 unspecified atom stereocenters. The molecule has 1 heterocycles. The van der Waals surface area contributed by atoms with Crippen LogP contribution >= 0.6 is 0 Å². The molecule has 3 rings (SSSR count). The van der Waals surface area contributed by atoms with Crippen molar-refractivity contribution in [2.75, 3.05) is 0 Å². The van der Waals surface area contributed by atoms with Crippen LogP contribution in [0.1, 0.15) is 28.9 Å². The monoisotopic (exact) mass is 330 g/mol. The zero-order chi connectivity index (χ0) is 17.3. The summed E-state index contributed by atoms with van der Waals surface area (Å²) in [6.07, 6.45) is 0.579. The third kappa shape index (κ3) is 3.00. The summed E-state index contributed by atoms with van der Waals surface area (Å²) in [6.45, 7) is 1.60. The molecule has 6 heteroatoms. The van der Waals surface area contributed by atoms with Crippen molar-refractivity contribution in [3.63, 3.8) is 0 Å². The van der Waals surface area contributed by atoms with Crippen LogP contribution in [0.2, 0.25) is 0 Å². The maximum Gasteiger partial charge on any atom is 0.252 e. The van der Waals surface area contributed by atoms with Crippen molar-refractivity contribution in [3.8, 4) is 0 Å². The summed E-state index contributed by atoms with van der Waals surface area (Å²) in [7, 11) is 0. The number of hydrogen-bond acceptors (Lipinski definition) is 2. The summed E-state index contributed by atoms with van der Waals surface area (Å²) in [5.74, 6) is -2.38. The molecule has 0 radical (unpaired) electrons. The maximum atomic E-state index is 13.3. The fourth-order valence-corrected chi connectivity index (χ4v) is 2.63. The van der Waals surface area contributed by atoms with Gasteiger partial charge in [0.25, 0.3) is 5.91 Å². The average Bonchev–Trinajstić information content (AvgIpc) is 3.05. The first-order chi connectivity index (χ1) is 11.5. The Hall–Kier alpha value is -2.73. The van der Waals surface area contributed by atoms with E-state index in [0.717, 1.165) is 23.0 Å². The van der Waals surface area contributed by atoms with Gasteiger partial charge in [-0.05, 0) is 42.8 Å². The molecule has 3 N–H and O–H groups in total. The van der Waals surface area contributed by atoms with Gasteiger partial charge < -0.3 is 15.4 Å². The Kier molecular flexibility index (Phi) is 4.31. The van der Waals surface area contributed by atoms with Gasteiger partial charge in [-0.2, -0.15) is 0 Å². The van der Waals surface area contributed by atoms with Crippen molar-refractivity contribution < 1.29 is 18.7 Å². The fourth-order valence-electron chi connectivity index (χ4n) is 2.63. The molecule has 124 valence electrons. The number of aromatic nitrogens is 1. The zero-order valence-electron chi connectivity index (χ0n) is 12.9. The Morgan fingerprint density at radius 1 is 1.17 bits per heavy atom. The SMILES string of the molecule is CC(NC(=O)c1cccc2[nH]ccc12)C(O)c1ccc(F)c(F)c1. The van der Waals surface area contributed by atoms with Gasteiger partial charge in [0.15, 0.2) is 11.6 Å². The van der Waals surface area contributed by atoms with Crippen LogP contribution in [0.5, 0.6) is 0 Å². The number of hydrogen-bond donors (Lipinski definition) is 3. The molecule has 0 saturated heterocycles. The van der Waals surface area contributed by atoms with Crippen molar-refractivity contribution in [2.45, 2.75) is 19.1 Å². The summed E-state index contributed by atoms with van der Waals surface area (Å²) in [4.78, 5) is 15.5. The minimum absolute atomic E-state index is 0.196. The standard InChI is InChI=1S/C18H16F2N2O2/c1-10(17(23)11-5-6-14(19)15(20)9-11)22-18(24)13-3-2-4-16-12(13)7-8-21-16/h2-10,17,21,23H,1H3,(H,22,24). The first-order valence-corrected chi connectivity index (χ1v) is 7.47. The van der Waals surface area contributed by atoms with Crippen LogP contribution in [-0.4, -0.2) is 22.0 Å². The highest BCUT2D eigenvalue weighted by Crippen LogP contribution is 2.21. The van der Waals surface area contributed by atoms with E-state index in [-0.39, 0.29) is 11.5 Å². The van der Waals surface area contributed by atoms with E-state index in [1.165, 1.54) is 6.07 Å². The van der Waals surface area contributed by atoms with Crippen molar-refractivity contribution in [3.05, 3.63) is 71.4 Å². The predicted octanol–water partition coefficient (Wildman–Crippen LogP) is 3.30. The van der Waals surface area contributed by atoms with Crippen LogP contribution in [0.3, 0.4) is 0 Å². The van der Waals surface area contributed by atoms with Crippen LogP contribution in [0.15, 0.2) is 48.7 Å². The lowest BCUT2D eigenvalue weighted by molar-refractivity contribution is 0.0853. The normalized spacial score (nSPS) is 13.7. The lowest BCUT2D eigenvalue weighted by atomic mass is 10.0. The second-order valence-corrected chi connectivity index (χ2v) is 5.63. The van der Waals surface area contributed by atoms with Gasteiger partial charge in [-0.3, -0.25) is 4.79 Å². The molecule has 1 amide bonds. The lowest BCUT2D eigenvalue weighted by Crippen LogP contribution is -2.37. The fraction of sp³-hybridized carbons (Fsp3) is 0.167. The van der Waals surface area contributed by atoms with Gasteiger partial charge in [0, 0.05) is 22.7 Å². The van der Waals surface area contributed by atoms with Gasteiger partial charge in [-0.25, -0.2) is 8.78 Å². The van der Waals surface area contributed by atoms with Crippen LogP contribution < -0.4 is 5.32 Å². The number of amides is 1. The molecule has 3 aromatic rings. The molecule has 2 aromatic carbocycles. The molecule has 0 aliphatic heterocycles. The smallest absolute Gasteiger partial charge is 0.252 e. The van der Waals surface area contributed by atoms with Crippen LogP contribution in [0.25, 0.3) is 10.9 Å². The topological polar surface area (TPSA) is 65.1 Å². The third-order valence-corrected chi connectivity index (χ3v) is 3.96. The van der Waals surface area contributed by atoms with E-state index in [1.807, 2.05) is 6.07 Å². The summed E-state index contributed by atoms with van der Waals surface area (Å²) < 4.78 is 26.3. The molecular weight excluding hydrogens is 314 g/mol. The second-order valence-electron chi connectivity index (χ2n) is 5.63. The molecule has 2 atom stereocenters. The highest BCUT2D eigenvalue weighted by Gasteiger charge is 2.21. The number of fused-ring (bicyclic) bond motifs is 1. The van der Waals surface area contributed by atoms with Gasteiger partial charge in [0.2, 0.25) is 0 Å². The predicted molar refractivity (Wildman–Crippen MR) is 86.5 cm³/mol. The van der Waals surface area contributed by atoms with Gasteiger partial charge in [0.1, 0.15) is 0 Å². The third-order valence-electron chi connectivity index (χ3n) is 3.96. The maximum absolute atomic E-state index is 13.3.